The molecular formula is C18H29BrN2. The Labute approximate surface area is 138 Å². The summed E-state index contributed by atoms with van der Waals surface area (Å²) in [5.41, 5.74) is 1.38. The first kappa shape index (κ1) is 17.0. The molecule has 1 fully saturated rings. The Kier molecular flexibility index (Phi) is 7.21. The molecule has 21 heavy (non-hydrogen) atoms. The molecule has 1 aromatic carbocycles. The Morgan fingerprint density at radius 2 is 2.00 bits per heavy atom. The SMILES string of the molecule is CCCNC1CCCCC1CN(C)Cc1ccccc1Br. The van der Waals surface area contributed by atoms with Crippen molar-refractivity contribution in [3.05, 3.63) is 34.3 Å². The quantitative estimate of drug-likeness (QED) is 0.780. The van der Waals surface area contributed by atoms with E-state index in [-0.39, 0.29) is 0 Å². The van der Waals surface area contributed by atoms with E-state index in [4.69, 9.17) is 0 Å². The van der Waals surface area contributed by atoms with Crippen LogP contribution in [0.1, 0.15) is 44.6 Å². The van der Waals surface area contributed by atoms with Crippen LogP contribution >= 0.6 is 15.9 Å². The van der Waals surface area contributed by atoms with Crippen molar-refractivity contribution in [2.24, 2.45) is 5.92 Å². The molecule has 2 atom stereocenters. The molecule has 0 radical (unpaired) electrons. The molecule has 0 bridgehead atoms. The minimum Gasteiger partial charge on any atom is -0.314 e. The number of hydrogen-bond donors (Lipinski definition) is 1. The molecule has 0 amide bonds. The molecule has 1 aliphatic rings. The molecule has 1 N–H and O–H groups in total. The Balaban J connectivity index is 1.87. The maximum atomic E-state index is 3.77. The molecule has 1 aliphatic carbocycles. The molecule has 1 saturated carbocycles. The zero-order valence-electron chi connectivity index (χ0n) is 13.4. The lowest BCUT2D eigenvalue weighted by Crippen LogP contribution is -2.43. The van der Waals surface area contributed by atoms with Gasteiger partial charge in [0.2, 0.25) is 0 Å². The number of hydrogen-bond acceptors (Lipinski definition) is 2. The van der Waals surface area contributed by atoms with Gasteiger partial charge in [0.15, 0.2) is 0 Å². The summed E-state index contributed by atoms with van der Waals surface area (Å²) >= 11 is 3.66. The van der Waals surface area contributed by atoms with Crippen molar-refractivity contribution in [2.45, 2.75) is 51.6 Å². The highest BCUT2D eigenvalue weighted by Crippen LogP contribution is 2.26. The van der Waals surface area contributed by atoms with E-state index in [1.165, 1.54) is 48.7 Å². The topological polar surface area (TPSA) is 15.3 Å². The second kappa shape index (κ2) is 8.92. The minimum absolute atomic E-state index is 0.723. The highest BCUT2D eigenvalue weighted by molar-refractivity contribution is 9.10. The average molecular weight is 353 g/mol. The standard InChI is InChI=1S/C18H29BrN2/c1-3-12-20-18-11-7-5-9-16(18)14-21(2)13-15-8-4-6-10-17(15)19/h4,6,8,10,16,18,20H,3,5,7,9,11-14H2,1-2H3. The lowest BCUT2D eigenvalue weighted by atomic mass is 9.84. The summed E-state index contributed by atoms with van der Waals surface area (Å²) in [7, 11) is 2.25. The summed E-state index contributed by atoms with van der Waals surface area (Å²) in [6.45, 7) is 5.64. The van der Waals surface area contributed by atoms with Crippen LogP contribution in [-0.4, -0.2) is 31.1 Å². The molecule has 2 nitrogen and oxygen atoms in total. The summed E-state index contributed by atoms with van der Waals surface area (Å²) in [6.07, 6.45) is 6.76. The zero-order valence-corrected chi connectivity index (χ0v) is 15.0. The highest BCUT2D eigenvalue weighted by Gasteiger charge is 2.25. The largest absolute Gasteiger partial charge is 0.314 e. The van der Waals surface area contributed by atoms with Crippen LogP contribution in [0.25, 0.3) is 0 Å². The molecule has 0 heterocycles. The molecule has 2 unspecified atom stereocenters. The third-order valence-corrected chi connectivity index (χ3v) is 5.28. The van der Waals surface area contributed by atoms with Gasteiger partial charge in [-0.3, -0.25) is 0 Å². The van der Waals surface area contributed by atoms with Crippen LogP contribution in [0.4, 0.5) is 0 Å². The highest BCUT2D eigenvalue weighted by atomic mass is 79.9. The number of nitrogens with zero attached hydrogens (tertiary/aromatic N) is 1. The third kappa shape index (κ3) is 5.39. The Morgan fingerprint density at radius 3 is 2.76 bits per heavy atom. The van der Waals surface area contributed by atoms with Crippen molar-refractivity contribution < 1.29 is 0 Å². The maximum absolute atomic E-state index is 3.77. The van der Waals surface area contributed by atoms with Crippen LogP contribution in [-0.2, 0) is 6.54 Å². The van der Waals surface area contributed by atoms with Gasteiger partial charge < -0.3 is 10.2 Å². The van der Waals surface area contributed by atoms with Gasteiger partial charge in [0.1, 0.15) is 0 Å². The third-order valence-electron chi connectivity index (χ3n) is 4.51. The fraction of sp³-hybridized carbons (Fsp3) is 0.667. The van der Waals surface area contributed by atoms with Crippen LogP contribution in [0.3, 0.4) is 0 Å². The maximum Gasteiger partial charge on any atom is 0.0242 e. The predicted octanol–water partition coefficient (Wildman–Crippen LogP) is 4.44. The average Bonchev–Trinajstić information content (AvgIpc) is 2.49. The fourth-order valence-corrected chi connectivity index (χ4v) is 3.82. The van der Waals surface area contributed by atoms with Gasteiger partial charge >= 0.3 is 0 Å². The lowest BCUT2D eigenvalue weighted by Gasteiger charge is -2.35. The summed E-state index contributed by atoms with van der Waals surface area (Å²) in [4.78, 5) is 2.48. The molecule has 0 aliphatic heterocycles. The zero-order chi connectivity index (χ0) is 15.1. The number of rotatable bonds is 7. The van der Waals surface area contributed by atoms with E-state index in [9.17, 15) is 0 Å². The Hall–Kier alpha value is -0.380. The second-order valence-corrected chi connectivity index (χ2v) is 7.25. The van der Waals surface area contributed by atoms with Crippen molar-refractivity contribution in [1.29, 1.82) is 0 Å². The minimum atomic E-state index is 0.723. The summed E-state index contributed by atoms with van der Waals surface area (Å²) in [6, 6.07) is 9.28. The van der Waals surface area contributed by atoms with Crippen LogP contribution in [0, 0.1) is 5.92 Å². The van der Waals surface area contributed by atoms with Gasteiger partial charge in [0.05, 0.1) is 0 Å². The van der Waals surface area contributed by atoms with Crippen LogP contribution in [0.2, 0.25) is 0 Å². The normalized spacial score (nSPS) is 22.7. The van der Waals surface area contributed by atoms with Gasteiger partial charge in [-0.05, 0) is 50.4 Å². The van der Waals surface area contributed by atoms with Gasteiger partial charge in [-0.2, -0.15) is 0 Å². The monoisotopic (exact) mass is 352 g/mol. The summed E-state index contributed by atoms with van der Waals surface area (Å²) in [5, 5.41) is 3.77. The van der Waals surface area contributed by atoms with Crippen molar-refractivity contribution in [3.8, 4) is 0 Å². The van der Waals surface area contributed by atoms with Crippen molar-refractivity contribution >= 4 is 15.9 Å². The van der Waals surface area contributed by atoms with Crippen molar-refractivity contribution in [1.82, 2.24) is 10.2 Å². The number of nitrogens with one attached hydrogen (secondary N) is 1. The molecule has 0 spiro atoms. The molecule has 2 rings (SSSR count). The molecular weight excluding hydrogens is 324 g/mol. The van der Waals surface area contributed by atoms with Crippen molar-refractivity contribution in [3.63, 3.8) is 0 Å². The van der Waals surface area contributed by atoms with Gasteiger partial charge in [0.25, 0.3) is 0 Å². The van der Waals surface area contributed by atoms with E-state index >= 15 is 0 Å². The van der Waals surface area contributed by atoms with E-state index in [1.54, 1.807) is 0 Å². The fourth-order valence-electron chi connectivity index (χ4n) is 3.41. The van der Waals surface area contributed by atoms with Crippen LogP contribution < -0.4 is 5.32 Å². The van der Waals surface area contributed by atoms with Gasteiger partial charge in [-0.15, -0.1) is 0 Å². The number of benzene rings is 1. The molecule has 0 saturated heterocycles. The molecule has 1 aromatic rings. The Morgan fingerprint density at radius 1 is 1.24 bits per heavy atom. The number of halogens is 1. The van der Waals surface area contributed by atoms with E-state index < -0.39 is 0 Å². The van der Waals surface area contributed by atoms with E-state index in [2.05, 4.69) is 64.4 Å². The first-order valence-corrected chi connectivity index (χ1v) is 9.15. The lowest BCUT2D eigenvalue weighted by molar-refractivity contribution is 0.185. The second-order valence-electron chi connectivity index (χ2n) is 6.39. The van der Waals surface area contributed by atoms with Crippen LogP contribution in [0.15, 0.2) is 28.7 Å². The first-order chi connectivity index (χ1) is 10.2. The smallest absolute Gasteiger partial charge is 0.0242 e. The molecule has 0 aromatic heterocycles. The van der Waals surface area contributed by atoms with Gasteiger partial charge in [-0.25, -0.2) is 0 Å². The van der Waals surface area contributed by atoms with E-state index in [0.717, 1.165) is 25.0 Å². The summed E-state index contributed by atoms with van der Waals surface area (Å²) < 4.78 is 1.22. The molecule has 3 heteroatoms. The molecule has 118 valence electrons. The Bertz CT molecular complexity index is 421. The van der Waals surface area contributed by atoms with Gasteiger partial charge in [-0.1, -0.05) is 53.9 Å². The predicted molar refractivity (Wildman–Crippen MR) is 94.5 cm³/mol. The van der Waals surface area contributed by atoms with Gasteiger partial charge in [0, 0.05) is 23.6 Å². The van der Waals surface area contributed by atoms with E-state index in [1.807, 2.05) is 0 Å². The summed E-state index contributed by atoms with van der Waals surface area (Å²) in [5.74, 6) is 0.804. The van der Waals surface area contributed by atoms with E-state index in [0.29, 0.717) is 0 Å². The first-order valence-electron chi connectivity index (χ1n) is 8.36. The van der Waals surface area contributed by atoms with Crippen molar-refractivity contribution in [2.75, 3.05) is 20.1 Å². The van der Waals surface area contributed by atoms with Crippen LogP contribution in [0.5, 0.6) is 0 Å².